The van der Waals surface area contributed by atoms with E-state index in [-0.39, 0.29) is 31.1 Å². The maximum Gasteiger partial charge on any atom is 0.306 e. The first kappa shape index (κ1) is 79.1. The van der Waals surface area contributed by atoms with Gasteiger partial charge in [0.2, 0.25) is 0 Å². The first-order valence-corrected chi connectivity index (χ1v) is 35.4. The molecule has 0 aliphatic rings. The summed E-state index contributed by atoms with van der Waals surface area (Å²) in [4.78, 5) is 38.4. The third-order valence-electron chi connectivity index (χ3n) is 15.3. The van der Waals surface area contributed by atoms with Gasteiger partial charge in [-0.05, 0) is 109 Å². The first-order valence-electron chi connectivity index (χ1n) is 35.4. The second kappa shape index (κ2) is 70.6. The summed E-state index contributed by atoms with van der Waals surface area (Å²) in [5.74, 6) is -0.885. The van der Waals surface area contributed by atoms with Crippen molar-refractivity contribution in [2.24, 2.45) is 0 Å². The highest BCUT2D eigenvalue weighted by molar-refractivity contribution is 5.71. The fourth-order valence-corrected chi connectivity index (χ4v) is 9.99. The predicted molar refractivity (Wildman–Crippen MR) is 362 cm³/mol. The van der Waals surface area contributed by atoms with Crippen LogP contribution in [0.5, 0.6) is 0 Å². The molecule has 0 rings (SSSR count). The van der Waals surface area contributed by atoms with Crippen LogP contribution in [0.15, 0.2) is 109 Å². The number of hydrogen-bond acceptors (Lipinski definition) is 6. The van der Waals surface area contributed by atoms with Crippen LogP contribution in [0.4, 0.5) is 0 Å². The first-order chi connectivity index (χ1) is 41.0. The molecule has 0 aliphatic carbocycles. The van der Waals surface area contributed by atoms with E-state index >= 15 is 0 Å². The zero-order chi connectivity index (χ0) is 59.9. The Morgan fingerprint density at radius 3 is 0.735 bits per heavy atom. The van der Waals surface area contributed by atoms with E-state index in [0.717, 1.165) is 122 Å². The fraction of sp³-hybridized carbons (Fsp3) is 0.727. The number of rotatable bonds is 64. The second-order valence-electron chi connectivity index (χ2n) is 23.4. The molecule has 0 aromatic rings. The van der Waals surface area contributed by atoms with Crippen molar-refractivity contribution in [2.45, 2.75) is 348 Å². The second-order valence-corrected chi connectivity index (χ2v) is 23.4. The lowest BCUT2D eigenvalue weighted by Gasteiger charge is -2.18. The molecule has 0 heterocycles. The van der Waals surface area contributed by atoms with Gasteiger partial charge in [0.25, 0.3) is 0 Å². The number of esters is 3. The van der Waals surface area contributed by atoms with E-state index in [1.54, 1.807) is 0 Å². The van der Waals surface area contributed by atoms with Gasteiger partial charge in [0, 0.05) is 19.3 Å². The van der Waals surface area contributed by atoms with Crippen LogP contribution >= 0.6 is 0 Å². The molecule has 0 spiro atoms. The number of ether oxygens (including phenoxy) is 3. The van der Waals surface area contributed by atoms with E-state index in [1.165, 1.54) is 180 Å². The van der Waals surface area contributed by atoms with Crippen LogP contribution in [0, 0.1) is 0 Å². The van der Waals surface area contributed by atoms with Crippen molar-refractivity contribution >= 4 is 17.9 Å². The topological polar surface area (TPSA) is 78.9 Å². The molecular formula is C77H132O6. The standard InChI is InChI=1S/C77H132O6/c1-4-7-10-13-16-19-22-24-26-28-30-32-34-36-37-38-39-41-42-44-46-48-50-52-55-58-61-64-67-70-76(79)82-73-74(72-81-75(78)69-66-63-60-57-54-21-18-15-12-9-6-3)83-77(80)71-68-65-62-59-56-53-51-49-47-45-43-40-35-33-31-29-27-25-23-20-17-14-11-8-5-2/h8,11,17,20,22,24-25,27-28,30-31,33-34,36,40,43,47,49,74H,4-7,9-10,12-16,18-19,21,23,26,29,32,35,37-39,41-42,44-46,48,50-73H2,1-3H3/b11-8-,20-17-,24-22-,27-25-,30-28-,33-31-,36-34-,43-40-,49-47-. The van der Waals surface area contributed by atoms with Gasteiger partial charge in [-0.1, -0.05) is 323 Å². The Kier molecular flexibility index (Phi) is 67.2. The highest BCUT2D eigenvalue weighted by atomic mass is 16.6. The summed E-state index contributed by atoms with van der Waals surface area (Å²) in [6.45, 7) is 6.53. The molecule has 0 aromatic heterocycles. The molecule has 0 N–H and O–H groups in total. The Labute approximate surface area is 514 Å². The Morgan fingerprint density at radius 2 is 0.470 bits per heavy atom. The zero-order valence-electron chi connectivity index (χ0n) is 54.7. The Balaban J connectivity index is 4.26. The van der Waals surface area contributed by atoms with Gasteiger partial charge in [-0.3, -0.25) is 14.4 Å². The molecule has 1 unspecified atom stereocenters. The average molecular weight is 1150 g/mol. The van der Waals surface area contributed by atoms with Gasteiger partial charge < -0.3 is 14.2 Å². The van der Waals surface area contributed by atoms with Gasteiger partial charge >= 0.3 is 17.9 Å². The third kappa shape index (κ3) is 68.7. The number of carbonyl (C=O) groups is 3. The largest absolute Gasteiger partial charge is 0.462 e. The van der Waals surface area contributed by atoms with Gasteiger partial charge in [0.15, 0.2) is 6.10 Å². The van der Waals surface area contributed by atoms with Crippen LogP contribution in [0.1, 0.15) is 342 Å². The molecule has 0 saturated heterocycles. The van der Waals surface area contributed by atoms with E-state index in [9.17, 15) is 14.4 Å². The predicted octanol–water partition coefficient (Wildman–Crippen LogP) is 24.6. The Hall–Kier alpha value is -3.93. The molecule has 0 radical (unpaired) electrons. The summed E-state index contributed by atoms with van der Waals surface area (Å²) in [5.41, 5.74) is 0. The normalized spacial score (nSPS) is 12.8. The summed E-state index contributed by atoms with van der Waals surface area (Å²) < 4.78 is 17.0. The van der Waals surface area contributed by atoms with E-state index in [0.29, 0.717) is 19.3 Å². The highest BCUT2D eigenvalue weighted by Crippen LogP contribution is 2.17. The van der Waals surface area contributed by atoms with Gasteiger partial charge in [-0.15, -0.1) is 0 Å². The maximum atomic E-state index is 12.9. The smallest absolute Gasteiger partial charge is 0.306 e. The molecule has 0 aliphatic heterocycles. The van der Waals surface area contributed by atoms with Gasteiger partial charge in [-0.25, -0.2) is 0 Å². The summed E-state index contributed by atoms with van der Waals surface area (Å²) in [6, 6.07) is 0. The van der Waals surface area contributed by atoms with E-state index in [1.807, 2.05) is 0 Å². The minimum atomic E-state index is -0.787. The quantitative estimate of drug-likeness (QED) is 0.0261. The van der Waals surface area contributed by atoms with Gasteiger partial charge in [0.1, 0.15) is 13.2 Å². The lowest BCUT2D eigenvalue weighted by Crippen LogP contribution is -2.30. The van der Waals surface area contributed by atoms with Crippen molar-refractivity contribution in [2.75, 3.05) is 13.2 Å². The highest BCUT2D eigenvalue weighted by Gasteiger charge is 2.19. The Bertz CT molecular complexity index is 1660. The lowest BCUT2D eigenvalue weighted by molar-refractivity contribution is -0.167. The average Bonchev–Trinajstić information content (AvgIpc) is 3.48. The minimum Gasteiger partial charge on any atom is -0.462 e. The monoisotopic (exact) mass is 1150 g/mol. The van der Waals surface area contributed by atoms with Gasteiger partial charge in [0.05, 0.1) is 0 Å². The molecule has 476 valence electrons. The van der Waals surface area contributed by atoms with Crippen molar-refractivity contribution in [3.05, 3.63) is 109 Å². The number of allylic oxidation sites excluding steroid dienone is 18. The van der Waals surface area contributed by atoms with E-state index in [4.69, 9.17) is 14.2 Å². The van der Waals surface area contributed by atoms with Crippen molar-refractivity contribution < 1.29 is 28.6 Å². The van der Waals surface area contributed by atoms with E-state index < -0.39 is 6.10 Å². The van der Waals surface area contributed by atoms with Gasteiger partial charge in [-0.2, -0.15) is 0 Å². The molecular weight excluding hydrogens is 1020 g/mol. The van der Waals surface area contributed by atoms with Crippen LogP contribution in [0.3, 0.4) is 0 Å². The minimum absolute atomic E-state index is 0.0819. The third-order valence-corrected chi connectivity index (χ3v) is 15.3. The fourth-order valence-electron chi connectivity index (χ4n) is 9.99. The molecule has 6 nitrogen and oxygen atoms in total. The van der Waals surface area contributed by atoms with Crippen molar-refractivity contribution in [1.82, 2.24) is 0 Å². The molecule has 0 bridgehead atoms. The maximum absolute atomic E-state index is 12.9. The summed E-state index contributed by atoms with van der Waals surface area (Å²) in [7, 11) is 0. The SMILES string of the molecule is CC/C=C\C/C=C\C/C=C\C/C=C\C/C=C\C/C=C\CCCCCCCCC(=O)OC(COC(=O)CCCCCCCCCCCCC)COC(=O)CCCCCCCCCCCCCCCC/C=C\C/C=C\C/C=C\CCCCCCC. The lowest BCUT2D eigenvalue weighted by atomic mass is 10.0. The summed E-state index contributed by atoms with van der Waals surface area (Å²) >= 11 is 0. The van der Waals surface area contributed by atoms with Crippen molar-refractivity contribution in [3.8, 4) is 0 Å². The van der Waals surface area contributed by atoms with Crippen LogP contribution in [-0.4, -0.2) is 37.2 Å². The van der Waals surface area contributed by atoms with Crippen LogP contribution in [0.25, 0.3) is 0 Å². The van der Waals surface area contributed by atoms with Crippen LogP contribution < -0.4 is 0 Å². The van der Waals surface area contributed by atoms with Crippen molar-refractivity contribution in [3.63, 3.8) is 0 Å². The number of carbonyl (C=O) groups excluding carboxylic acids is 3. The van der Waals surface area contributed by atoms with E-state index in [2.05, 4.69) is 130 Å². The number of hydrogen-bond donors (Lipinski definition) is 0. The molecule has 0 aromatic carbocycles. The summed E-state index contributed by atoms with van der Waals surface area (Å²) in [6.07, 6.45) is 96.9. The molecule has 6 heteroatoms. The van der Waals surface area contributed by atoms with Crippen molar-refractivity contribution in [1.29, 1.82) is 0 Å². The number of unbranched alkanes of at least 4 members (excludes halogenated alkanes) is 35. The molecule has 83 heavy (non-hydrogen) atoms. The summed E-state index contributed by atoms with van der Waals surface area (Å²) in [5, 5.41) is 0. The van der Waals surface area contributed by atoms with Crippen LogP contribution in [-0.2, 0) is 28.6 Å². The van der Waals surface area contributed by atoms with Crippen LogP contribution in [0.2, 0.25) is 0 Å². The molecule has 1 atom stereocenters. The molecule has 0 fully saturated rings. The molecule has 0 saturated carbocycles. The molecule has 0 amide bonds. The zero-order valence-corrected chi connectivity index (χ0v) is 54.7. The Morgan fingerprint density at radius 1 is 0.253 bits per heavy atom.